The second kappa shape index (κ2) is 6.29. The number of nitrogens with zero attached hydrogens (tertiary/aromatic N) is 1. The molecule has 2 rings (SSSR count). The summed E-state index contributed by atoms with van der Waals surface area (Å²) in [7, 11) is 0. The molecule has 0 unspecified atom stereocenters. The Morgan fingerprint density at radius 3 is 2.65 bits per heavy atom. The van der Waals surface area contributed by atoms with Crippen molar-refractivity contribution < 1.29 is 9.32 Å². The third-order valence-electron chi connectivity index (χ3n) is 2.75. The third kappa shape index (κ3) is 3.89. The van der Waals surface area contributed by atoms with Crippen LogP contribution in [0.3, 0.4) is 0 Å². The highest BCUT2D eigenvalue weighted by atomic mass is 32.1. The summed E-state index contributed by atoms with van der Waals surface area (Å²) in [6.45, 7) is 2.17. The number of benzene rings is 1. The van der Waals surface area contributed by atoms with Gasteiger partial charge in [-0.2, -0.15) is 0 Å². The molecule has 0 atom stereocenters. The minimum Gasteiger partial charge on any atom is -0.389 e. The molecule has 6 heteroatoms. The summed E-state index contributed by atoms with van der Waals surface area (Å²) in [6.07, 6.45) is 0.300. The number of hydrogen-bond acceptors (Lipinski definition) is 4. The maximum absolute atomic E-state index is 11.8. The first-order chi connectivity index (χ1) is 9.54. The van der Waals surface area contributed by atoms with E-state index >= 15 is 0 Å². The van der Waals surface area contributed by atoms with Gasteiger partial charge in [0.25, 0.3) is 0 Å². The van der Waals surface area contributed by atoms with Crippen LogP contribution in [0.25, 0.3) is 0 Å². The Hall–Kier alpha value is -2.21. The lowest BCUT2D eigenvalue weighted by Crippen LogP contribution is -2.24. The number of nitrogens with two attached hydrogens (primary N) is 1. The van der Waals surface area contributed by atoms with Gasteiger partial charge in [0.05, 0.1) is 13.0 Å². The standard InChI is InChI=1S/C14H15N3O2S/c1-9-6-12(17-19-9)8-16-13(18)7-10-2-4-11(5-3-10)14(15)20/h2-6H,7-8H2,1H3,(H2,15,20)(H,16,18). The molecule has 1 aromatic heterocycles. The van der Waals surface area contributed by atoms with Gasteiger partial charge in [-0.3, -0.25) is 4.79 Å². The minimum absolute atomic E-state index is 0.0753. The van der Waals surface area contributed by atoms with E-state index < -0.39 is 0 Å². The number of amides is 1. The first-order valence-corrected chi connectivity index (χ1v) is 6.53. The van der Waals surface area contributed by atoms with Crippen molar-refractivity contribution in [2.24, 2.45) is 5.73 Å². The van der Waals surface area contributed by atoms with Crippen LogP contribution in [-0.4, -0.2) is 16.1 Å². The van der Waals surface area contributed by atoms with Crippen molar-refractivity contribution in [2.45, 2.75) is 19.9 Å². The monoisotopic (exact) mass is 289 g/mol. The summed E-state index contributed by atoms with van der Waals surface area (Å²) in [4.78, 5) is 12.1. The van der Waals surface area contributed by atoms with E-state index in [4.69, 9.17) is 22.5 Å². The Bertz CT molecular complexity index is 620. The van der Waals surface area contributed by atoms with Crippen molar-refractivity contribution in [1.29, 1.82) is 0 Å². The maximum atomic E-state index is 11.8. The zero-order valence-corrected chi connectivity index (χ0v) is 11.9. The van der Waals surface area contributed by atoms with Gasteiger partial charge in [0.2, 0.25) is 5.91 Å². The van der Waals surface area contributed by atoms with E-state index in [0.717, 1.165) is 16.9 Å². The predicted molar refractivity (Wildman–Crippen MR) is 79.1 cm³/mol. The van der Waals surface area contributed by atoms with E-state index in [9.17, 15) is 4.79 Å². The zero-order chi connectivity index (χ0) is 14.5. The van der Waals surface area contributed by atoms with Crippen molar-refractivity contribution in [3.05, 3.63) is 52.9 Å². The Morgan fingerprint density at radius 2 is 2.10 bits per heavy atom. The maximum Gasteiger partial charge on any atom is 0.224 e. The van der Waals surface area contributed by atoms with Gasteiger partial charge in [-0.1, -0.05) is 41.6 Å². The van der Waals surface area contributed by atoms with Crippen LogP contribution in [0.1, 0.15) is 22.6 Å². The van der Waals surface area contributed by atoms with Crippen molar-refractivity contribution in [1.82, 2.24) is 10.5 Å². The molecule has 0 bridgehead atoms. The van der Waals surface area contributed by atoms with Gasteiger partial charge in [-0.25, -0.2) is 0 Å². The molecule has 104 valence electrons. The fourth-order valence-electron chi connectivity index (χ4n) is 1.73. The molecule has 0 aliphatic rings. The Morgan fingerprint density at radius 1 is 1.40 bits per heavy atom. The van der Waals surface area contributed by atoms with Crippen LogP contribution in [0, 0.1) is 6.92 Å². The first-order valence-electron chi connectivity index (χ1n) is 6.12. The predicted octanol–water partition coefficient (Wildman–Crippen LogP) is 1.48. The number of aryl methyl sites for hydroxylation is 1. The molecule has 20 heavy (non-hydrogen) atoms. The molecule has 1 aromatic carbocycles. The van der Waals surface area contributed by atoms with Gasteiger partial charge in [0.1, 0.15) is 16.4 Å². The van der Waals surface area contributed by atoms with E-state index in [1.165, 1.54) is 0 Å². The number of hydrogen-bond donors (Lipinski definition) is 2. The molecular formula is C14H15N3O2S. The molecule has 0 spiro atoms. The summed E-state index contributed by atoms with van der Waals surface area (Å²) >= 11 is 4.87. The topological polar surface area (TPSA) is 81.2 Å². The Labute approximate surface area is 122 Å². The zero-order valence-electron chi connectivity index (χ0n) is 11.1. The molecule has 0 saturated heterocycles. The smallest absolute Gasteiger partial charge is 0.224 e. The summed E-state index contributed by atoms with van der Waals surface area (Å²) in [5.41, 5.74) is 7.92. The Kier molecular flexibility index (Phi) is 4.47. The lowest BCUT2D eigenvalue weighted by molar-refractivity contribution is -0.120. The van der Waals surface area contributed by atoms with Crippen molar-refractivity contribution >= 4 is 23.1 Å². The lowest BCUT2D eigenvalue weighted by Gasteiger charge is -2.04. The van der Waals surface area contributed by atoms with Crippen molar-refractivity contribution in [2.75, 3.05) is 0 Å². The summed E-state index contributed by atoms with van der Waals surface area (Å²) < 4.78 is 4.93. The van der Waals surface area contributed by atoms with E-state index in [0.29, 0.717) is 23.6 Å². The molecule has 0 radical (unpaired) electrons. The molecule has 2 aromatic rings. The first kappa shape index (κ1) is 14.2. The molecule has 5 nitrogen and oxygen atoms in total. The van der Waals surface area contributed by atoms with E-state index in [1.807, 2.05) is 31.2 Å². The van der Waals surface area contributed by atoms with E-state index in [-0.39, 0.29) is 5.91 Å². The fourth-order valence-corrected chi connectivity index (χ4v) is 1.86. The van der Waals surface area contributed by atoms with Gasteiger partial charge in [-0.05, 0) is 12.5 Å². The minimum atomic E-state index is -0.0753. The molecule has 0 aliphatic heterocycles. The quantitative estimate of drug-likeness (QED) is 0.815. The van der Waals surface area contributed by atoms with Crippen LogP contribution in [0.15, 0.2) is 34.9 Å². The second-order valence-electron chi connectivity index (χ2n) is 4.44. The van der Waals surface area contributed by atoms with Crippen LogP contribution in [0.4, 0.5) is 0 Å². The van der Waals surface area contributed by atoms with Gasteiger partial charge in [-0.15, -0.1) is 0 Å². The normalized spacial score (nSPS) is 10.2. The van der Waals surface area contributed by atoms with Gasteiger partial charge >= 0.3 is 0 Å². The SMILES string of the molecule is Cc1cc(CNC(=O)Cc2ccc(C(N)=S)cc2)no1. The van der Waals surface area contributed by atoms with Crippen LogP contribution in [0.5, 0.6) is 0 Å². The highest BCUT2D eigenvalue weighted by Crippen LogP contribution is 2.06. The second-order valence-corrected chi connectivity index (χ2v) is 4.88. The largest absolute Gasteiger partial charge is 0.389 e. The lowest BCUT2D eigenvalue weighted by atomic mass is 10.1. The number of nitrogens with one attached hydrogen (secondary N) is 1. The Balaban J connectivity index is 1.86. The molecular weight excluding hydrogens is 274 g/mol. The van der Waals surface area contributed by atoms with Crippen LogP contribution >= 0.6 is 12.2 Å². The number of aromatic nitrogens is 1. The number of rotatable bonds is 5. The average molecular weight is 289 g/mol. The van der Waals surface area contributed by atoms with Crippen molar-refractivity contribution in [3.8, 4) is 0 Å². The average Bonchev–Trinajstić information content (AvgIpc) is 2.83. The summed E-state index contributed by atoms with van der Waals surface area (Å²) in [6, 6.07) is 9.10. The summed E-state index contributed by atoms with van der Waals surface area (Å²) in [5, 5.41) is 6.59. The van der Waals surface area contributed by atoms with Gasteiger partial charge in [0, 0.05) is 11.6 Å². The summed E-state index contributed by atoms with van der Waals surface area (Å²) in [5.74, 6) is 0.649. The van der Waals surface area contributed by atoms with E-state index in [1.54, 1.807) is 6.07 Å². The number of carbonyl (C=O) groups is 1. The number of carbonyl (C=O) groups excluding carboxylic acids is 1. The molecule has 0 aliphatic carbocycles. The van der Waals surface area contributed by atoms with E-state index in [2.05, 4.69) is 10.5 Å². The van der Waals surface area contributed by atoms with Gasteiger partial charge < -0.3 is 15.6 Å². The number of thiocarbonyl (C=S) groups is 1. The van der Waals surface area contributed by atoms with Crippen LogP contribution < -0.4 is 11.1 Å². The fraction of sp³-hybridized carbons (Fsp3) is 0.214. The van der Waals surface area contributed by atoms with Crippen LogP contribution in [-0.2, 0) is 17.8 Å². The molecule has 0 saturated carbocycles. The van der Waals surface area contributed by atoms with Crippen molar-refractivity contribution in [3.63, 3.8) is 0 Å². The molecule has 0 fully saturated rings. The highest BCUT2D eigenvalue weighted by Gasteiger charge is 2.06. The molecule has 3 N–H and O–H groups in total. The highest BCUT2D eigenvalue weighted by molar-refractivity contribution is 7.80. The molecule has 1 amide bonds. The van der Waals surface area contributed by atoms with Crippen LogP contribution in [0.2, 0.25) is 0 Å². The third-order valence-corrected chi connectivity index (χ3v) is 2.98. The molecule has 1 heterocycles. The van der Waals surface area contributed by atoms with Gasteiger partial charge in [0.15, 0.2) is 0 Å².